The zero-order chi connectivity index (χ0) is 12.7. The van der Waals surface area contributed by atoms with E-state index in [9.17, 15) is 8.42 Å². The van der Waals surface area contributed by atoms with Crippen molar-refractivity contribution < 1.29 is 8.42 Å². The fourth-order valence-electron chi connectivity index (χ4n) is 2.07. The normalized spacial score (nSPS) is 24.5. The molecule has 1 aromatic heterocycles. The number of nitrogens with zero attached hydrogens (tertiary/aromatic N) is 1. The van der Waals surface area contributed by atoms with Gasteiger partial charge in [-0.15, -0.1) is 23.7 Å². The summed E-state index contributed by atoms with van der Waals surface area (Å²) < 4.78 is 26.7. The van der Waals surface area contributed by atoms with E-state index in [2.05, 4.69) is 0 Å². The van der Waals surface area contributed by atoms with Crippen LogP contribution in [0.25, 0.3) is 0 Å². The molecule has 1 atom stereocenters. The van der Waals surface area contributed by atoms with Crippen LogP contribution in [0.3, 0.4) is 0 Å². The monoisotopic (exact) mass is 310 g/mol. The SMILES string of the molecule is CC1(C)CN(S(=O)(=O)c2cccs2)CCC1N.Cl. The third-order valence-corrected chi connectivity index (χ3v) is 6.58. The zero-order valence-electron chi connectivity index (χ0n) is 10.5. The number of hydrogen-bond donors (Lipinski definition) is 1. The molecule has 0 saturated carbocycles. The maximum atomic E-state index is 12.3. The lowest BCUT2D eigenvalue weighted by atomic mass is 9.81. The average Bonchev–Trinajstić information content (AvgIpc) is 2.75. The number of hydrogen-bond acceptors (Lipinski definition) is 4. The Morgan fingerprint density at radius 2 is 2.17 bits per heavy atom. The van der Waals surface area contributed by atoms with Gasteiger partial charge in [0.1, 0.15) is 4.21 Å². The molecule has 0 aromatic carbocycles. The van der Waals surface area contributed by atoms with Gasteiger partial charge in [0.05, 0.1) is 0 Å². The number of rotatable bonds is 2. The molecule has 0 radical (unpaired) electrons. The van der Waals surface area contributed by atoms with Crippen molar-refractivity contribution in [1.82, 2.24) is 4.31 Å². The smallest absolute Gasteiger partial charge is 0.252 e. The van der Waals surface area contributed by atoms with Gasteiger partial charge in [-0.1, -0.05) is 19.9 Å². The van der Waals surface area contributed by atoms with Gasteiger partial charge < -0.3 is 5.73 Å². The predicted molar refractivity (Wildman–Crippen MR) is 76.7 cm³/mol. The van der Waals surface area contributed by atoms with E-state index in [1.165, 1.54) is 11.3 Å². The summed E-state index contributed by atoms with van der Waals surface area (Å²) in [4.78, 5) is 0. The van der Waals surface area contributed by atoms with Crippen LogP contribution in [0.4, 0.5) is 0 Å². The number of piperidine rings is 1. The van der Waals surface area contributed by atoms with Crippen LogP contribution in [0.5, 0.6) is 0 Å². The van der Waals surface area contributed by atoms with Crippen LogP contribution in [-0.4, -0.2) is 31.9 Å². The Labute approximate surface area is 119 Å². The maximum Gasteiger partial charge on any atom is 0.252 e. The van der Waals surface area contributed by atoms with E-state index < -0.39 is 10.0 Å². The van der Waals surface area contributed by atoms with Crippen molar-refractivity contribution in [2.24, 2.45) is 11.1 Å². The lowest BCUT2D eigenvalue weighted by Gasteiger charge is -2.41. The van der Waals surface area contributed by atoms with Crippen LogP contribution in [0.2, 0.25) is 0 Å². The highest BCUT2D eigenvalue weighted by Crippen LogP contribution is 2.32. The summed E-state index contributed by atoms with van der Waals surface area (Å²) in [5.41, 5.74) is 5.85. The molecule has 0 aliphatic carbocycles. The molecule has 1 saturated heterocycles. The molecule has 1 unspecified atom stereocenters. The Bertz CT molecular complexity index is 485. The van der Waals surface area contributed by atoms with Gasteiger partial charge in [0, 0.05) is 19.1 Å². The third-order valence-electron chi connectivity index (χ3n) is 3.37. The molecule has 2 N–H and O–H groups in total. The van der Waals surface area contributed by atoms with Crippen molar-refractivity contribution in [3.05, 3.63) is 17.5 Å². The van der Waals surface area contributed by atoms with E-state index in [-0.39, 0.29) is 23.9 Å². The molecule has 1 aliphatic heterocycles. The van der Waals surface area contributed by atoms with Gasteiger partial charge >= 0.3 is 0 Å². The first-order valence-corrected chi connectivity index (χ1v) is 7.95. The summed E-state index contributed by atoms with van der Waals surface area (Å²) >= 11 is 1.26. The quantitative estimate of drug-likeness (QED) is 0.907. The minimum absolute atomic E-state index is 0. The Hall–Kier alpha value is -0.140. The molecule has 104 valence electrons. The van der Waals surface area contributed by atoms with E-state index in [1.54, 1.807) is 21.8 Å². The number of nitrogens with two attached hydrogens (primary N) is 1. The Balaban J connectivity index is 0.00000162. The Morgan fingerprint density at radius 3 is 2.67 bits per heavy atom. The van der Waals surface area contributed by atoms with Gasteiger partial charge in [0.25, 0.3) is 10.0 Å². The number of halogens is 1. The summed E-state index contributed by atoms with van der Waals surface area (Å²) in [6.45, 7) is 5.06. The molecule has 1 fully saturated rings. The molecule has 0 spiro atoms. The lowest BCUT2D eigenvalue weighted by molar-refractivity contribution is 0.156. The molecule has 1 aliphatic rings. The molecule has 0 bridgehead atoms. The van der Waals surface area contributed by atoms with Gasteiger partial charge in [-0.2, -0.15) is 4.31 Å². The second-order valence-electron chi connectivity index (χ2n) is 5.15. The Morgan fingerprint density at radius 1 is 1.50 bits per heavy atom. The fourth-order valence-corrected chi connectivity index (χ4v) is 4.84. The third kappa shape index (κ3) is 2.88. The van der Waals surface area contributed by atoms with Crippen LogP contribution < -0.4 is 5.73 Å². The first-order valence-electron chi connectivity index (χ1n) is 5.63. The van der Waals surface area contributed by atoms with Crippen molar-refractivity contribution in [2.45, 2.75) is 30.5 Å². The van der Waals surface area contributed by atoms with E-state index in [1.807, 2.05) is 13.8 Å². The number of sulfonamides is 1. The van der Waals surface area contributed by atoms with Gasteiger partial charge in [-0.05, 0) is 23.3 Å². The summed E-state index contributed by atoms with van der Waals surface area (Å²) in [6, 6.07) is 3.48. The first kappa shape index (κ1) is 15.9. The molecule has 18 heavy (non-hydrogen) atoms. The van der Waals surface area contributed by atoms with E-state index in [4.69, 9.17) is 5.73 Å². The molecule has 1 aromatic rings. The standard InChI is InChI=1S/C11H18N2O2S2.ClH/c1-11(2)8-13(6-5-9(11)12)17(14,15)10-4-3-7-16-10;/h3-4,7,9H,5-6,8,12H2,1-2H3;1H. The van der Waals surface area contributed by atoms with Crippen molar-refractivity contribution in [1.29, 1.82) is 0 Å². The van der Waals surface area contributed by atoms with Gasteiger partial charge in [-0.3, -0.25) is 0 Å². The molecular weight excluding hydrogens is 292 g/mol. The highest BCUT2D eigenvalue weighted by molar-refractivity contribution is 7.91. The fraction of sp³-hybridized carbons (Fsp3) is 0.636. The van der Waals surface area contributed by atoms with Crippen LogP contribution in [-0.2, 0) is 10.0 Å². The number of thiophene rings is 1. The van der Waals surface area contributed by atoms with Crippen LogP contribution in [0.1, 0.15) is 20.3 Å². The molecule has 4 nitrogen and oxygen atoms in total. The minimum Gasteiger partial charge on any atom is -0.327 e. The second-order valence-corrected chi connectivity index (χ2v) is 8.27. The van der Waals surface area contributed by atoms with Gasteiger partial charge in [0.2, 0.25) is 0 Å². The highest BCUT2D eigenvalue weighted by Gasteiger charge is 2.38. The van der Waals surface area contributed by atoms with Crippen molar-refractivity contribution in [2.75, 3.05) is 13.1 Å². The zero-order valence-corrected chi connectivity index (χ0v) is 12.9. The van der Waals surface area contributed by atoms with Gasteiger partial charge in [0.15, 0.2) is 0 Å². The molecule has 7 heteroatoms. The molecule has 2 heterocycles. The average molecular weight is 311 g/mol. The summed E-state index contributed by atoms with van der Waals surface area (Å²) in [6.07, 6.45) is 0.720. The first-order chi connectivity index (χ1) is 7.84. The van der Waals surface area contributed by atoms with Crippen molar-refractivity contribution >= 4 is 33.8 Å². The van der Waals surface area contributed by atoms with Crippen molar-refractivity contribution in [3.8, 4) is 0 Å². The lowest BCUT2D eigenvalue weighted by Crippen LogP contribution is -2.53. The largest absolute Gasteiger partial charge is 0.327 e. The maximum absolute atomic E-state index is 12.3. The van der Waals surface area contributed by atoms with E-state index >= 15 is 0 Å². The van der Waals surface area contributed by atoms with Crippen LogP contribution in [0.15, 0.2) is 21.7 Å². The molecular formula is C11H19ClN2O2S2. The van der Waals surface area contributed by atoms with E-state index in [0.29, 0.717) is 17.3 Å². The molecule has 2 rings (SSSR count). The van der Waals surface area contributed by atoms with Crippen molar-refractivity contribution in [3.63, 3.8) is 0 Å². The highest BCUT2D eigenvalue weighted by atomic mass is 35.5. The summed E-state index contributed by atoms with van der Waals surface area (Å²) in [7, 11) is -3.32. The second kappa shape index (κ2) is 5.46. The predicted octanol–water partition coefficient (Wildman–Crippen LogP) is 1.92. The Kier molecular flexibility index (Phi) is 4.83. The van der Waals surface area contributed by atoms with Crippen LogP contribution in [0, 0.1) is 5.41 Å². The molecule has 0 amide bonds. The van der Waals surface area contributed by atoms with E-state index in [0.717, 1.165) is 6.42 Å². The summed E-state index contributed by atoms with van der Waals surface area (Å²) in [5, 5.41) is 1.79. The summed E-state index contributed by atoms with van der Waals surface area (Å²) in [5.74, 6) is 0. The van der Waals surface area contributed by atoms with Crippen LogP contribution >= 0.6 is 23.7 Å². The topological polar surface area (TPSA) is 63.4 Å². The van der Waals surface area contributed by atoms with Gasteiger partial charge in [-0.25, -0.2) is 8.42 Å². The minimum atomic E-state index is -3.32.